The van der Waals surface area contributed by atoms with Crippen molar-refractivity contribution >= 4 is 13.5 Å². The van der Waals surface area contributed by atoms with Crippen LogP contribution >= 0.6 is 7.60 Å². The van der Waals surface area contributed by atoms with Gasteiger partial charge in [-0.3, -0.25) is 9.36 Å². The van der Waals surface area contributed by atoms with Gasteiger partial charge in [-0.15, -0.1) is 0 Å². The van der Waals surface area contributed by atoms with Crippen LogP contribution in [-0.4, -0.2) is 26.3 Å². The van der Waals surface area contributed by atoms with Gasteiger partial charge in [0, 0.05) is 21.1 Å². The molecule has 0 saturated heterocycles. The topological polar surface area (TPSA) is 64.6 Å². The summed E-state index contributed by atoms with van der Waals surface area (Å²) in [6, 6.07) is 5.02. The van der Waals surface area contributed by atoms with E-state index in [0.29, 0.717) is 5.56 Å². The van der Waals surface area contributed by atoms with E-state index in [1.165, 1.54) is 45.4 Å². The molecule has 106 valence electrons. The van der Waals surface area contributed by atoms with Gasteiger partial charge in [0.1, 0.15) is 5.82 Å². The molecule has 1 N–H and O–H groups in total. The Labute approximate surface area is 111 Å². The summed E-state index contributed by atoms with van der Waals surface area (Å²) in [7, 11) is -0.724. The average molecular weight is 289 g/mol. The first-order valence-electron chi connectivity index (χ1n) is 5.63. The van der Waals surface area contributed by atoms with Crippen molar-refractivity contribution in [1.82, 2.24) is 5.32 Å². The molecule has 0 aliphatic rings. The van der Waals surface area contributed by atoms with Crippen LogP contribution in [-0.2, 0) is 18.4 Å². The van der Waals surface area contributed by atoms with Gasteiger partial charge < -0.3 is 14.4 Å². The van der Waals surface area contributed by atoms with Gasteiger partial charge in [0.05, 0.1) is 12.2 Å². The fraction of sp³-hybridized carbons (Fsp3) is 0.417. The third-order valence-corrected chi connectivity index (χ3v) is 4.54. The van der Waals surface area contributed by atoms with Gasteiger partial charge in [0.2, 0.25) is 5.91 Å². The molecule has 1 rings (SSSR count). The van der Waals surface area contributed by atoms with Crippen LogP contribution in [0, 0.1) is 5.82 Å². The predicted octanol–water partition coefficient (Wildman–Crippen LogP) is 2.49. The number of carbonyl (C=O) groups is 1. The van der Waals surface area contributed by atoms with Crippen molar-refractivity contribution in [2.45, 2.75) is 13.0 Å². The van der Waals surface area contributed by atoms with Crippen LogP contribution in [0.5, 0.6) is 0 Å². The molecule has 0 unspecified atom stereocenters. The molecule has 5 nitrogen and oxygen atoms in total. The summed E-state index contributed by atoms with van der Waals surface area (Å²) >= 11 is 0. The van der Waals surface area contributed by atoms with E-state index in [0.717, 1.165) is 0 Å². The van der Waals surface area contributed by atoms with Crippen LogP contribution in [0.2, 0.25) is 0 Å². The standard InChI is InChI=1S/C12H17FNO4P/c1-9(15)14-12(8-19(16,17-2)18-3)10-4-6-11(13)7-5-10/h4-7,12H,8H2,1-3H3,(H,14,15)/t12-/m1/s1. The Morgan fingerprint density at radius 3 is 2.26 bits per heavy atom. The summed E-state index contributed by atoms with van der Waals surface area (Å²) in [6.45, 7) is 1.35. The number of nitrogens with one attached hydrogen (secondary N) is 1. The van der Waals surface area contributed by atoms with Crippen LogP contribution < -0.4 is 5.32 Å². The molecule has 1 aromatic rings. The minimum Gasteiger partial charge on any atom is -0.349 e. The second-order valence-electron chi connectivity index (χ2n) is 3.96. The number of halogens is 1. The van der Waals surface area contributed by atoms with Crippen LogP contribution in [0.1, 0.15) is 18.5 Å². The number of benzene rings is 1. The van der Waals surface area contributed by atoms with Gasteiger partial charge in [0.25, 0.3) is 0 Å². The molecule has 7 heteroatoms. The zero-order chi connectivity index (χ0) is 14.5. The molecule has 0 aliphatic carbocycles. The number of carbonyl (C=O) groups excluding carboxylic acids is 1. The molecule has 1 aromatic carbocycles. The van der Waals surface area contributed by atoms with Crippen molar-refractivity contribution in [3.63, 3.8) is 0 Å². The number of hydrogen-bond acceptors (Lipinski definition) is 4. The van der Waals surface area contributed by atoms with Crippen molar-refractivity contribution in [2.24, 2.45) is 0 Å². The van der Waals surface area contributed by atoms with Gasteiger partial charge >= 0.3 is 7.60 Å². The lowest BCUT2D eigenvalue weighted by Crippen LogP contribution is -2.29. The lowest BCUT2D eigenvalue weighted by molar-refractivity contribution is -0.119. The highest BCUT2D eigenvalue weighted by atomic mass is 31.2. The lowest BCUT2D eigenvalue weighted by atomic mass is 10.1. The van der Waals surface area contributed by atoms with Crippen LogP contribution in [0.25, 0.3) is 0 Å². The zero-order valence-electron chi connectivity index (χ0n) is 11.1. The summed E-state index contributed by atoms with van der Waals surface area (Å²) in [4.78, 5) is 11.2. The Hall–Kier alpha value is -1.23. The number of hydrogen-bond donors (Lipinski definition) is 1. The zero-order valence-corrected chi connectivity index (χ0v) is 11.9. The molecule has 0 aliphatic heterocycles. The number of rotatable bonds is 6. The van der Waals surface area contributed by atoms with Crippen molar-refractivity contribution in [1.29, 1.82) is 0 Å². The Bertz CT molecular complexity index is 469. The van der Waals surface area contributed by atoms with Crippen molar-refractivity contribution in [2.75, 3.05) is 20.4 Å². The third-order valence-electron chi connectivity index (χ3n) is 2.61. The maximum atomic E-state index is 12.9. The van der Waals surface area contributed by atoms with Crippen molar-refractivity contribution in [3.8, 4) is 0 Å². The molecule has 0 fully saturated rings. The first-order chi connectivity index (χ1) is 8.90. The molecule has 0 bridgehead atoms. The summed E-state index contributed by atoms with van der Waals surface area (Å²) < 4.78 is 34.7. The highest BCUT2D eigenvalue weighted by molar-refractivity contribution is 7.53. The molecule has 0 aromatic heterocycles. The Morgan fingerprint density at radius 1 is 1.32 bits per heavy atom. The highest BCUT2D eigenvalue weighted by Gasteiger charge is 2.28. The smallest absolute Gasteiger partial charge is 0.332 e. The summed E-state index contributed by atoms with van der Waals surface area (Å²) in [5.41, 5.74) is 0.630. The molecule has 0 spiro atoms. The van der Waals surface area contributed by atoms with E-state index < -0.39 is 13.6 Å². The predicted molar refractivity (Wildman–Crippen MR) is 69.4 cm³/mol. The largest absolute Gasteiger partial charge is 0.349 e. The first-order valence-corrected chi connectivity index (χ1v) is 7.36. The van der Waals surface area contributed by atoms with E-state index in [4.69, 9.17) is 9.05 Å². The van der Waals surface area contributed by atoms with Crippen molar-refractivity contribution < 1.29 is 22.8 Å². The summed E-state index contributed by atoms with van der Waals surface area (Å²) in [5.74, 6) is -0.667. The fourth-order valence-corrected chi connectivity index (χ4v) is 2.82. The fourth-order valence-electron chi connectivity index (χ4n) is 1.62. The Balaban J connectivity index is 2.98. The van der Waals surface area contributed by atoms with Gasteiger partial charge in [-0.05, 0) is 17.7 Å². The summed E-state index contributed by atoms with van der Waals surface area (Å²) in [6.07, 6.45) is -0.0226. The van der Waals surface area contributed by atoms with Gasteiger partial charge in [-0.2, -0.15) is 0 Å². The molecule has 0 radical (unpaired) electrons. The Kier molecular flexibility index (Phi) is 5.66. The quantitative estimate of drug-likeness (QED) is 0.817. The monoisotopic (exact) mass is 289 g/mol. The maximum Gasteiger partial charge on any atom is 0.332 e. The van der Waals surface area contributed by atoms with Crippen molar-refractivity contribution in [3.05, 3.63) is 35.6 Å². The average Bonchev–Trinajstić information content (AvgIpc) is 2.38. The van der Waals surface area contributed by atoms with E-state index >= 15 is 0 Å². The van der Waals surface area contributed by atoms with Crippen LogP contribution in [0.15, 0.2) is 24.3 Å². The molecule has 0 saturated carbocycles. The second kappa shape index (κ2) is 6.80. The molecular formula is C12H17FNO4P. The Morgan fingerprint density at radius 2 is 1.84 bits per heavy atom. The highest BCUT2D eigenvalue weighted by Crippen LogP contribution is 2.49. The normalized spacial score (nSPS) is 13.1. The van der Waals surface area contributed by atoms with Gasteiger partial charge in [-0.25, -0.2) is 4.39 Å². The van der Waals surface area contributed by atoms with E-state index in [1.54, 1.807) is 0 Å². The van der Waals surface area contributed by atoms with E-state index in [9.17, 15) is 13.8 Å². The van der Waals surface area contributed by atoms with Crippen LogP contribution in [0.4, 0.5) is 4.39 Å². The molecule has 1 atom stereocenters. The SMILES string of the molecule is COP(=O)(C[C@@H](NC(C)=O)c1ccc(F)cc1)OC. The molecule has 19 heavy (non-hydrogen) atoms. The van der Waals surface area contributed by atoms with E-state index in [2.05, 4.69) is 5.32 Å². The third kappa shape index (κ3) is 4.74. The van der Waals surface area contributed by atoms with Crippen LogP contribution in [0.3, 0.4) is 0 Å². The van der Waals surface area contributed by atoms with Gasteiger partial charge in [-0.1, -0.05) is 12.1 Å². The minimum atomic E-state index is -3.28. The molecular weight excluding hydrogens is 272 g/mol. The maximum absolute atomic E-state index is 12.9. The van der Waals surface area contributed by atoms with E-state index in [-0.39, 0.29) is 17.9 Å². The molecule has 0 heterocycles. The second-order valence-corrected chi connectivity index (χ2v) is 6.28. The van der Waals surface area contributed by atoms with Gasteiger partial charge in [0.15, 0.2) is 0 Å². The molecule has 1 amide bonds. The number of amides is 1. The van der Waals surface area contributed by atoms with E-state index in [1.807, 2.05) is 0 Å². The lowest BCUT2D eigenvalue weighted by Gasteiger charge is -2.22. The minimum absolute atomic E-state index is 0.0226. The first kappa shape index (κ1) is 15.8. The summed E-state index contributed by atoms with van der Waals surface area (Å²) in [5, 5.41) is 2.65.